The molecule has 3 saturated heterocycles. The lowest BCUT2D eigenvalue weighted by Crippen LogP contribution is -2.54. The maximum Gasteiger partial charge on any atom is 0.257 e. The molecule has 0 aliphatic carbocycles. The van der Waals surface area contributed by atoms with E-state index >= 15 is 0 Å². The van der Waals surface area contributed by atoms with Gasteiger partial charge in [-0.3, -0.25) is 14.8 Å². The highest BCUT2D eigenvalue weighted by Crippen LogP contribution is 2.34. The second-order valence-electron chi connectivity index (χ2n) is 12.0. The Kier molecular flexibility index (Phi) is 8.49. The predicted octanol–water partition coefficient (Wildman–Crippen LogP) is 3.61. The van der Waals surface area contributed by atoms with Gasteiger partial charge in [0.15, 0.2) is 5.15 Å². The summed E-state index contributed by atoms with van der Waals surface area (Å²) in [7, 11) is 2.17. The number of hydrogen-bond donors (Lipinski definition) is 3. The van der Waals surface area contributed by atoms with Gasteiger partial charge in [-0.25, -0.2) is 14.7 Å². The summed E-state index contributed by atoms with van der Waals surface area (Å²) in [6, 6.07) is 6.51. The highest BCUT2D eigenvalue weighted by atomic mass is 35.5. The van der Waals surface area contributed by atoms with Gasteiger partial charge in [-0.15, -0.1) is 5.10 Å². The van der Waals surface area contributed by atoms with Crippen LogP contribution in [0.4, 0.5) is 0 Å². The number of nitrogens with one attached hydrogen (secondary N) is 3. The van der Waals surface area contributed by atoms with Crippen LogP contribution in [0, 0.1) is 18.8 Å². The van der Waals surface area contributed by atoms with E-state index in [4.69, 9.17) is 28.2 Å². The van der Waals surface area contributed by atoms with Gasteiger partial charge in [0.25, 0.3) is 5.56 Å². The maximum absolute atomic E-state index is 14.1. The lowest BCUT2D eigenvalue weighted by Gasteiger charge is -2.42. The summed E-state index contributed by atoms with van der Waals surface area (Å²) in [6.07, 6.45) is 8.61. The molecule has 0 spiro atoms. The predicted molar refractivity (Wildman–Crippen MR) is 162 cm³/mol. The number of hydrazine groups is 1. The van der Waals surface area contributed by atoms with E-state index in [1.54, 1.807) is 23.3 Å². The number of piperidine rings is 1. The number of aromatic nitrogens is 5. The average Bonchev–Trinajstić information content (AvgIpc) is 3.56. The molecular weight excluding hydrogens is 561 g/mol. The zero-order valence-electron chi connectivity index (χ0n) is 23.9. The molecule has 2 aromatic heterocycles. The van der Waals surface area contributed by atoms with Gasteiger partial charge in [0.2, 0.25) is 0 Å². The van der Waals surface area contributed by atoms with Crippen molar-refractivity contribution in [3.8, 4) is 16.9 Å². The number of hydrogen-bond acceptors (Lipinski definition) is 8. The van der Waals surface area contributed by atoms with Gasteiger partial charge in [0.1, 0.15) is 0 Å². The Morgan fingerprint density at radius 3 is 2.73 bits per heavy atom. The minimum atomic E-state index is -0.0224. The van der Waals surface area contributed by atoms with Crippen molar-refractivity contribution in [1.29, 1.82) is 0 Å². The minimum absolute atomic E-state index is 0.0224. The van der Waals surface area contributed by atoms with Crippen LogP contribution >= 0.6 is 23.2 Å². The van der Waals surface area contributed by atoms with Crippen molar-refractivity contribution < 1.29 is 0 Å². The average molecular weight is 601 g/mol. The van der Waals surface area contributed by atoms with Crippen LogP contribution in [-0.2, 0) is 0 Å². The normalized spacial score (nSPS) is 29.5. The number of fused-ring (bicyclic) bond motifs is 4. The van der Waals surface area contributed by atoms with Gasteiger partial charge in [0.05, 0.1) is 29.9 Å². The summed E-state index contributed by atoms with van der Waals surface area (Å²) >= 11 is 12.5. The molecule has 1 aromatic carbocycles. The topological polar surface area (TPSA) is 105 Å². The molecule has 3 aromatic rings. The third kappa shape index (κ3) is 5.83. The molecule has 6 rings (SSSR count). The summed E-state index contributed by atoms with van der Waals surface area (Å²) in [6.45, 7) is 7.10. The highest BCUT2D eigenvalue weighted by molar-refractivity contribution is 6.31. The molecule has 12 heteroatoms. The van der Waals surface area contributed by atoms with Crippen LogP contribution in [0.25, 0.3) is 16.9 Å². The summed E-state index contributed by atoms with van der Waals surface area (Å²) in [5.41, 5.74) is 6.12. The van der Waals surface area contributed by atoms with Crippen LogP contribution in [0.3, 0.4) is 0 Å². The van der Waals surface area contributed by atoms with Crippen LogP contribution in [-0.4, -0.2) is 74.4 Å². The fraction of sp³-hybridized carbons (Fsp3) is 0.586. The molecule has 41 heavy (non-hydrogen) atoms. The molecular formula is C29H39Cl2N9O. The lowest BCUT2D eigenvalue weighted by atomic mass is 9.79. The summed E-state index contributed by atoms with van der Waals surface area (Å²) in [5.74, 6) is 1.10. The molecule has 3 aliphatic rings. The molecule has 220 valence electrons. The standard InChI is InChI=1S/C29H39Cl2N9O/c1-17-5-4-6-25(22-11-19(9-10-32-22)28-23(33-13-17)14-35-38(28)3)39-16-34-27(18(2)29(39)41)21-12-20(30)7-8-24(21)40-15-26(31)36-37-40/h7-8,12,15-17,19,22-23,25,28,32-33,35H,4-6,9-11,13-14H2,1-3H3/t17-,19?,22?,23?,25+,28?/m1/s1. The molecule has 3 fully saturated rings. The first kappa shape index (κ1) is 28.8. The number of nitrogens with zero attached hydrogens (tertiary/aromatic N) is 6. The van der Waals surface area contributed by atoms with Crippen LogP contribution in [0.15, 0.2) is 35.5 Å². The molecule has 0 amide bonds. The van der Waals surface area contributed by atoms with Crippen LogP contribution in [0.5, 0.6) is 0 Å². The van der Waals surface area contributed by atoms with Crippen molar-refractivity contribution in [2.75, 3.05) is 26.7 Å². The molecule has 0 radical (unpaired) electrons. The van der Waals surface area contributed by atoms with E-state index in [0.717, 1.165) is 51.7 Å². The third-order valence-electron chi connectivity index (χ3n) is 9.28. The van der Waals surface area contributed by atoms with Gasteiger partial charge in [-0.1, -0.05) is 41.8 Å². The number of likely N-dealkylation sites (N-methyl/N-ethyl adjacent to an activating group) is 1. The van der Waals surface area contributed by atoms with E-state index in [1.165, 1.54) is 0 Å². The summed E-state index contributed by atoms with van der Waals surface area (Å²) in [4.78, 5) is 19.0. The van der Waals surface area contributed by atoms with Crippen LogP contribution in [0.1, 0.15) is 50.6 Å². The Balaban J connectivity index is 1.36. The second kappa shape index (κ2) is 12.1. The first-order chi connectivity index (χ1) is 19.8. The van der Waals surface area contributed by atoms with E-state index in [2.05, 4.69) is 45.4 Å². The molecule has 4 unspecified atom stereocenters. The van der Waals surface area contributed by atoms with Gasteiger partial charge >= 0.3 is 0 Å². The zero-order valence-corrected chi connectivity index (χ0v) is 25.4. The zero-order chi connectivity index (χ0) is 28.7. The third-order valence-corrected chi connectivity index (χ3v) is 9.68. The Bertz CT molecular complexity index is 1440. The molecule has 5 heterocycles. The largest absolute Gasteiger partial charge is 0.312 e. The SMILES string of the molecule is Cc1c(-c2cc(Cl)ccc2-n2cc(Cl)nn2)ncn([C@H]2CCC[C@@H](C)CNC3CNN(C)C3C3CCNC2C3)c1=O. The van der Waals surface area contributed by atoms with Crippen molar-refractivity contribution in [3.63, 3.8) is 0 Å². The quantitative estimate of drug-likeness (QED) is 0.419. The van der Waals surface area contributed by atoms with E-state index in [9.17, 15) is 4.79 Å². The smallest absolute Gasteiger partial charge is 0.257 e. The maximum atomic E-state index is 14.1. The molecule has 6 atom stereocenters. The molecule has 10 nitrogen and oxygen atoms in total. The first-order valence-corrected chi connectivity index (χ1v) is 15.4. The van der Waals surface area contributed by atoms with Gasteiger partial charge in [-0.2, -0.15) is 0 Å². The van der Waals surface area contributed by atoms with Crippen molar-refractivity contribution in [2.24, 2.45) is 11.8 Å². The van der Waals surface area contributed by atoms with E-state index in [-0.39, 0.29) is 22.8 Å². The fourth-order valence-corrected chi connectivity index (χ4v) is 7.45. The van der Waals surface area contributed by atoms with Gasteiger partial charge < -0.3 is 10.6 Å². The monoisotopic (exact) mass is 599 g/mol. The van der Waals surface area contributed by atoms with Crippen molar-refractivity contribution >= 4 is 23.2 Å². The molecule has 2 bridgehead atoms. The Labute approximate surface area is 250 Å². The second-order valence-corrected chi connectivity index (χ2v) is 12.8. The van der Waals surface area contributed by atoms with Crippen molar-refractivity contribution in [2.45, 2.75) is 70.1 Å². The summed E-state index contributed by atoms with van der Waals surface area (Å²) < 4.78 is 3.47. The van der Waals surface area contributed by atoms with Crippen LogP contribution in [0.2, 0.25) is 10.2 Å². The Hall–Kier alpha value is -2.34. The number of rotatable bonds is 3. The number of benzene rings is 1. The van der Waals surface area contributed by atoms with E-state index in [1.807, 2.05) is 23.6 Å². The Morgan fingerprint density at radius 1 is 1.07 bits per heavy atom. The summed E-state index contributed by atoms with van der Waals surface area (Å²) in [5, 5.41) is 18.8. The molecule has 3 aliphatic heterocycles. The first-order valence-electron chi connectivity index (χ1n) is 14.7. The lowest BCUT2D eigenvalue weighted by molar-refractivity contribution is 0.108. The van der Waals surface area contributed by atoms with Crippen molar-refractivity contribution in [3.05, 3.63) is 56.8 Å². The molecule has 0 saturated carbocycles. The van der Waals surface area contributed by atoms with Crippen molar-refractivity contribution in [1.82, 2.24) is 45.6 Å². The molecule has 3 N–H and O–H groups in total. The fourth-order valence-electron chi connectivity index (χ4n) is 7.16. The van der Waals surface area contributed by atoms with Crippen LogP contribution < -0.4 is 21.6 Å². The van der Waals surface area contributed by atoms with E-state index in [0.29, 0.717) is 51.5 Å². The van der Waals surface area contributed by atoms with Gasteiger partial charge in [-0.05, 0) is 75.7 Å². The van der Waals surface area contributed by atoms with Gasteiger partial charge in [0, 0.05) is 47.9 Å². The number of halogens is 2. The Morgan fingerprint density at radius 2 is 1.93 bits per heavy atom. The van der Waals surface area contributed by atoms with E-state index < -0.39 is 0 Å². The minimum Gasteiger partial charge on any atom is -0.312 e. The highest BCUT2D eigenvalue weighted by Gasteiger charge is 2.41.